The molecule has 0 atom stereocenters. The second kappa shape index (κ2) is 17.1. The molecule has 0 amide bonds. The zero-order valence-corrected chi connectivity index (χ0v) is 41.5. The van der Waals surface area contributed by atoms with Crippen LogP contribution in [-0.4, -0.2) is 9.55 Å². The summed E-state index contributed by atoms with van der Waals surface area (Å²) in [6.45, 7) is 22.5. The molecule has 0 N–H and O–H groups in total. The first kappa shape index (κ1) is 44.8. The van der Waals surface area contributed by atoms with Crippen LogP contribution in [0.5, 0.6) is 11.5 Å². The minimum atomic E-state index is -0.0258. The third kappa shape index (κ3) is 8.35. The van der Waals surface area contributed by atoms with Gasteiger partial charge in [-0.1, -0.05) is 165 Å². The van der Waals surface area contributed by atoms with E-state index in [2.05, 4.69) is 235 Å². The topological polar surface area (TPSA) is 33.5 Å². The van der Waals surface area contributed by atoms with Crippen LogP contribution in [0.2, 0.25) is 0 Å². The van der Waals surface area contributed by atoms with Crippen molar-refractivity contribution in [1.82, 2.24) is 9.55 Å². The molecule has 6 heteroatoms. The minimum Gasteiger partial charge on any atom is -0.509 e. The first-order valence-electron chi connectivity index (χ1n) is 22.6. The van der Waals surface area contributed by atoms with Gasteiger partial charge >= 0.3 is 0 Å². The summed E-state index contributed by atoms with van der Waals surface area (Å²) < 4.78 is 8.87. The Morgan fingerprint density at radius 1 is 0.500 bits per heavy atom. The third-order valence-corrected chi connectivity index (χ3v) is 12.7. The molecule has 0 radical (unpaired) electrons. The Hall–Kier alpha value is -6.42. The van der Waals surface area contributed by atoms with Gasteiger partial charge in [0.25, 0.3) is 0 Å². The van der Waals surface area contributed by atoms with E-state index in [9.17, 15) is 0 Å². The molecule has 0 saturated carbocycles. The van der Waals surface area contributed by atoms with Crippen LogP contribution in [0.4, 0.5) is 22.7 Å². The van der Waals surface area contributed by atoms with Crippen LogP contribution in [0.15, 0.2) is 164 Å². The maximum Gasteiger partial charge on any atom is 0.135 e. The van der Waals surface area contributed by atoms with E-state index in [1.54, 1.807) is 0 Å². The van der Waals surface area contributed by atoms with Gasteiger partial charge in [-0.25, -0.2) is 4.98 Å². The average molecular weight is 1040 g/mol. The van der Waals surface area contributed by atoms with E-state index < -0.39 is 0 Å². The second-order valence-corrected chi connectivity index (χ2v) is 20.3. The van der Waals surface area contributed by atoms with Crippen molar-refractivity contribution in [3.05, 3.63) is 199 Å². The number of pyridine rings is 1. The Bertz CT molecular complexity index is 3140. The van der Waals surface area contributed by atoms with E-state index >= 15 is 0 Å². The van der Waals surface area contributed by atoms with E-state index in [1.165, 1.54) is 16.7 Å². The van der Waals surface area contributed by atoms with Crippen LogP contribution >= 0.6 is 0 Å². The molecule has 0 unspecified atom stereocenters. The van der Waals surface area contributed by atoms with Gasteiger partial charge in [0.2, 0.25) is 0 Å². The van der Waals surface area contributed by atoms with Crippen molar-refractivity contribution in [2.24, 2.45) is 0 Å². The number of fused-ring (bicyclic) bond motifs is 4. The Kier molecular flexibility index (Phi) is 11.6. The van der Waals surface area contributed by atoms with Crippen LogP contribution in [0.3, 0.4) is 0 Å². The van der Waals surface area contributed by atoms with E-state index in [1.807, 2.05) is 24.4 Å². The number of anilines is 4. The van der Waals surface area contributed by atoms with Crippen LogP contribution in [0.1, 0.15) is 79.0 Å². The van der Waals surface area contributed by atoms with Gasteiger partial charge in [0.1, 0.15) is 5.82 Å². The molecule has 0 saturated heterocycles. The number of hydrogen-bond donors (Lipinski definition) is 0. The van der Waals surface area contributed by atoms with Crippen LogP contribution in [0.25, 0.3) is 49.9 Å². The van der Waals surface area contributed by atoms with Gasteiger partial charge in [0.15, 0.2) is 0 Å². The summed E-state index contributed by atoms with van der Waals surface area (Å²) in [5.74, 6) is 2.05. The minimum absolute atomic E-state index is 0. The van der Waals surface area contributed by atoms with Crippen LogP contribution in [-0.2, 0) is 37.3 Å². The first-order chi connectivity index (χ1) is 31.1. The monoisotopic (exact) mass is 1040 g/mol. The van der Waals surface area contributed by atoms with E-state index in [-0.39, 0.29) is 37.3 Å². The number of aromatic nitrogens is 2. The van der Waals surface area contributed by atoms with Gasteiger partial charge in [0, 0.05) is 72.5 Å². The molecule has 0 fully saturated rings. The first-order valence-corrected chi connectivity index (χ1v) is 22.6. The quantitative estimate of drug-likeness (QED) is 0.149. The van der Waals surface area contributed by atoms with Gasteiger partial charge < -0.3 is 19.1 Å². The van der Waals surface area contributed by atoms with Crippen LogP contribution in [0, 0.1) is 18.8 Å². The number of hydrogen-bond acceptors (Lipinski definition) is 4. The zero-order chi connectivity index (χ0) is 45.3. The summed E-state index contributed by atoms with van der Waals surface area (Å²) in [5, 5.41) is 2.23. The SMILES string of the molecule is CC(C)(C)c1ccc(-c2cccc(-c3ccc(C(C)(C)C)cc3)c2N2[CH-]N(c3[c-]c(Oc4[c-]c5c(cc4)c4ccccc4n5-c4cc(C(C)(C)C)ccn4)ccc3)c3ccccc32)cc1.[Pt]. The molecule has 2 aromatic heterocycles. The molecule has 66 heavy (non-hydrogen) atoms. The van der Waals surface area contributed by atoms with Crippen LogP contribution < -0.4 is 14.5 Å². The summed E-state index contributed by atoms with van der Waals surface area (Å²) in [5.41, 5.74) is 14.6. The predicted molar refractivity (Wildman–Crippen MR) is 271 cm³/mol. The van der Waals surface area contributed by atoms with Crippen molar-refractivity contribution in [3.8, 4) is 39.6 Å². The smallest absolute Gasteiger partial charge is 0.135 e. The van der Waals surface area contributed by atoms with Crippen molar-refractivity contribution in [1.29, 1.82) is 0 Å². The summed E-state index contributed by atoms with van der Waals surface area (Å²) in [6, 6.07) is 63.7. The molecule has 0 spiro atoms. The summed E-state index contributed by atoms with van der Waals surface area (Å²) in [7, 11) is 0. The molecule has 10 rings (SSSR count). The number of benzene rings is 7. The Morgan fingerprint density at radius 2 is 1.06 bits per heavy atom. The summed E-state index contributed by atoms with van der Waals surface area (Å²) in [4.78, 5) is 9.43. The molecule has 334 valence electrons. The average Bonchev–Trinajstić information content (AvgIpc) is 3.84. The molecular formula is C60H55N4OPt-3. The van der Waals surface area contributed by atoms with Gasteiger partial charge in [-0.2, -0.15) is 12.1 Å². The van der Waals surface area contributed by atoms with E-state index in [0.717, 1.165) is 72.6 Å². The maximum absolute atomic E-state index is 6.67. The normalized spacial score (nSPS) is 13.0. The molecule has 1 aliphatic rings. The summed E-state index contributed by atoms with van der Waals surface area (Å²) >= 11 is 0. The standard InChI is InChI=1S/C60H55N4O.Pt/c1-58(2,3)42-28-24-40(25-29-42)48-19-15-20-49(41-26-30-43(31-27-41)59(4,5)6)57(48)63-39-62(53-22-12-13-23-54(53)63)45-16-14-17-46(37-45)65-47-32-33-51-50-18-10-11-21-52(50)64(55(51)38-47)56-36-44(34-35-61-56)60(7,8)9;/h10-36,39H,1-9H3;/q-3;. The zero-order valence-electron chi connectivity index (χ0n) is 39.2. The largest absolute Gasteiger partial charge is 0.509 e. The maximum atomic E-state index is 6.67. The number of para-hydroxylation sites is 4. The molecule has 9 aromatic rings. The number of nitrogens with zero attached hydrogens (tertiary/aromatic N) is 4. The Labute approximate surface area is 405 Å². The Morgan fingerprint density at radius 3 is 1.68 bits per heavy atom. The number of rotatable bonds is 7. The van der Waals surface area contributed by atoms with E-state index in [0.29, 0.717) is 11.5 Å². The molecule has 5 nitrogen and oxygen atoms in total. The number of ether oxygens (including phenoxy) is 1. The van der Waals surface area contributed by atoms with E-state index in [4.69, 9.17) is 9.72 Å². The van der Waals surface area contributed by atoms with Gasteiger partial charge in [0.05, 0.1) is 0 Å². The predicted octanol–water partition coefficient (Wildman–Crippen LogP) is 16.2. The fraction of sp³-hybridized carbons (Fsp3) is 0.200. The molecule has 0 aliphatic carbocycles. The molecule has 3 heterocycles. The van der Waals surface area contributed by atoms with Crippen molar-refractivity contribution in [2.75, 3.05) is 9.80 Å². The molecule has 0 bridgehead atoms. The fourth-order valence-corrected chi connectivity index (χ4v) is 8.98. The van der Waals surface area contributed by atoms with Crippen molar-refractivity contribution in [2.45, 2.75) is 78.6 Å². The molecule has 1 aliphatic heterocycles. The fourth-order valence-electron chi connectivity index (χ4n) is 8.98. The van der Waals surface area contributed by atoms with Gasteiger partial charge in [-0.15, -0.1) is 48.1 Å². The van der Waals surface area contributed by atoms with Gasteiger partial charge in [-0.05, 0) is 79.8 Å². The molecular weight excluding hydrogens is 988 g/mol. The Balaban J connectivity index is 0.00000548. The molecule has 7 aromatic carbocycles. The van der Waals surface area contributed by atoms with Crippen molar-refractivity contribution >= 4 is 44.6 Å². The van der Waals surface area contributed by atoms with Crippen molar-refractivity contribution < 1.29 is 25.8 Å². The van der Waals surface area contributed by atoms with Gasteiger partial charge in [-0.3, -0.25) is 0 Å². The van der Waals surface area contributed by atoms with Crippen molar-refractivity contribution in [3.63, 3.8) is 0 Å². The third-order valence-electron chi connectivity index (χ3n) is 12.7. The second-order valence-electron chi connectivity index (χ2n) is 20.3. The summed E-state index contributed by atoms with van der Waals surface area (Å²) in [6.07, 6.45) is 1.90.